The average Bonchev–Trinajstić information content (AvgIpc) is 2.55. The van der Waals surface area contributed by atoms with Crippen LogP contribution in [0, 0.1) is 5.92 Å². The molecule has 2 unspecified atom stereocenters. The van der Waals surface area contributed by atoms with Gasteiger partial charge in [0, 0.05) is 11.4 Å². The molecule has 1 aromatic carbocycles. The van der Waals surface area contributed by atoms with E-state index in [9.17, 15) is 4.79 Å². The van der Waals surface area contributed by atoms with Gasteiger partial charge in [-0.2, -0.15) is 0 Å². The van der Waals surface area contributed by atoms with E-state index in [0.717, 1.165) is 24.3 Å². The summed E-state index contributed by atoms with van der Waals surface area (Å²) in [5, 5.41) is 9.78. The maximum Gasteiger partial charge on any atom is 0.303 e. The largest absolute Gasteiger partial charge is 0.481 e. The predicted molar refractivity (Wildman–Crippen MR) is 73.0 cm³/mol. The molecule has 98 valence electrons. The third-order valence-corrected chi connectivity index (χ3v) is 4.15. The van der Waals surface area contributed by atoms with Gasteiger partial charge in [0.1, 0.15) is 0 Å². The average molecular weight is 267 g/mol. The molecule has 3 heteroatoms. The van der Waals surface area contributed by atoms with Gasteiger partial charge in [-0.05, 0) is 42.4 Å². The van der Waals surface area contributed by atoms with Gasteiger partial charge in [-0.1, -0.05) is 43.0 Å². The van der Waals surface area contributed by atoms with Crippen molar-refractivity contribution in [1.82, 2.24) is 0 Å². The van der Waals surface area contributed by atoms with Gasteiger partial charge in [-0.25, -0.2) is 0 Å². The van der Waals surface area contributed by atoms with Crippen molar-refractivity contribution >= 4 is 17.6 Å². The Morgan fingerprint density at radius 1 is 1.17 bits per heavy atom. The topological polar surface area (TPSA) is 37.3 Å². The molecule has 1 N–H and O–H groups in total. The van der Waals surface area contributed by atoms with Crippen molar-refractivity contribution in [2.24, 2.45) is 5.92 Å². The highest BCUT2D eigenvalue weighted by Crippen LogP contribution is 2.38. The number of hydrogen-bond donors (Lipinski definition) is 1. The highest BCUT2D eigenvalue weighted by atomic mass is 35.5. The maximum atomic E-state index is 11.0. The number of hydrogen-bond acceptors (Lipinski definition) is 1. The maximum absolute atomic E-state index is 11.0. The first-order valence-corrected chi connectivity index (χ1v) is 7.02. The fourth-order valence-electron chi connectivity index (χ4n) is 3.00. The van der Waals surface area contributed by atoms with Crippen molar-refractivity contribution in [2.45, 2.75) is 44.4 Å². The highest BCUT2D eigenvalue weighted by Gasteiger charge is 2.26. The zero-order chi connectivity index (χ0) is 13.0. The summed E-state index contributed by atoms with van der Waals surface area (Å²) in [4.78, 5) is 11.0. The molecule has 1 aromatic rings. The Labute approximate surface area is 113 Å². The standard InChI is InChI=1S/C15H19ClO2/c16-13-8-6-11(7-9-13)14-5-3-1-2-4-12(14)10-15(17)18/h6-9,12,14H,1-5,10H2,(H,17,18). The van der Waals surface area contributed by atoms with Crippen LogP contribution in [0.15, 0.2) is 24.3 Å². The molecule has 1 aliphatic carbocycles. The fourth-order valence-corrected chi connectivity index (χ4v) is 3.13. The van der Waals surface area contributed by atoms with Gasteiger partial charge in [0.15, 0.2) is 0 Å². The van der Waals surface area contributed by atoms with E-state index >= 15 is 0 Å². The molecule has 1 aliphatic rings. The van der Waals surface area contributed by atoms with E-state index in [1.54, 1.807) is 0 Å². The van der Waals surface area contributed by atoms with Crippen molar-refractivity contribution in [3.05, 3.63) is 34.9 Å². The van der Waals surface area contributed by atoms with Gasteiger partial charge in [0.25, 0.3) is 0 Å². The molecule has 0 spiro atoms. The fraction of sp³-hybridized carbons (Fsp3) is 0.533. The zero-order valence-corrected chi connectivity index (χ0v) is 11.2. The third-order valence-electron chi connectivity index (χ3n) is 3.89. The van der Waals surface area contributed by atoms with Crippen LogP contribution in [0.2, 0.25) is 5.02 Å². The minimum absolute atomic E-state index is 0.270. The van der Waals surface area contributed by atoms with Crippen LogP contribution in [0.25, 0.3) is 0 Å². The van der Waals surface area contributed by atoms with Crippen molar-refractivity contribution in [2.75, 3.05) is 0 Å². The van der Waals surface area contributed by atoms with Crippen LogP contribution in [0.1, 0.15) is 50.0 Å². The van der Waals surface area contributed by atoms with E-state index in [1.807, 2.05) is 24.3 Å². The van der Waals surface area contributed by atoms with E-state index in [0.29, 0.717) is 5.92 Å². The first-order valence-electron chi connectivity index (χ1n) is 6.64. The number of carbonyl (C=O) groups is 1. The Hall–Kier alpha value is -1.02. The summed E-state index contributed by atoms with van der Waals surface area (Å²) in [7, 11) is 0. The Balaban J connectivity index is 2.19. The molecule has 2 rings (SSSR count). The summed E-state index contributed by atoms with van der Waals surface area (Å²) in [5.41, 5.74) is 1.24. The summed E-state index contributed by atoms with van der Waals surface area (Å²) >= 11 is 5.91. The normalized spacial score (nSPS) is 24.5. The second-order valence-corrected chi connectivity index (χ2v) is 5.59. The van der Waals surface area contributed by atoms with E-state index in [4.69, 9.17) is 16.7 Å². The van der Waals surface area contributed by atoms with E-state index in [-0.39, 0.29) is 12.3 Å². The molecule has 0 amide bonds. The number of halogens is 1. The van der Waals surface area contributed by atoms with Crippen LogP contribution >= 0.6 is 11.6 Å². The quantitative estimate of drug-likeness (QED) is 0.819. The van der Waals surface area contributed by atoms with Crippen molar-refractivity contribution in [1.29, 1.82) is 0 Å². The summed E-state index contributed by atoms with van der Waals surface area (Å²) in [6, 6.07) is 7.90. The molecule has 1 saturated carbocycles. The van der Waals surface area contributed by atoms with Gasteiger partial charge >= 0.3 is 5.97 Å². The van der Waals surface area contributed by atoms with Crippen LogP contribution in [0.4, 0.5) is 0 Å². The lowest BCUT2D eigenvalue weighted by Crippen LogP contribution is -2.16. The van der Waals surface area contributed by atoms with Crippen molar-refractivity contribution in [3.8, 4) is 0 Å². The lowest BCUT2D eigenvalue weighted by Gasteiger charge is -2.24. The summed E-state index contributed by atoms with van der Waals surface area (Å²) in [6.07, 6.45) is 5.98. The summed E-state index contributed by atoms with van der Waals surface area (Å²) in [5.74, 6) is -0.0343. The minimum atomic E-state index is -0.680. The Bertz CT molecular complexity index is 399. The molecule has 0 aromatic heterocycles. The Kier molecular flexibility index (Phi) is 4.65. The van der Waals surface area contributed by atoms with Gasteiger partial charge in [0.05, 0.1) is 0 Å². The molecule has 0 saturated heterocycles. The number of carboxylic acids is 1. The number of rotatable bonds is 3. The van der Waals surface area contributed by atoms with Crippen LogP contribution in [0.5, 0.6) is 0 Å². The second-order valence-electron chi connectivity index (χ2n) is 5.15. The third kappa shape index (κ3) is 3.49. The van der Waals surface area contributed by atoms with Crippen LogP contribution in [0.3, 0.4) is 0 Å². The van der Waals surface area contributed by atoms with Crippen molar-refractivity contribution in [3.63, 3.8) is 0 Å². The molecule has 0 heterocycles. The number of benzene rings is 1. The van der Waals surface area contributed by atoms with E-state index in [2.05, 4.69) is 0 Å². The molecule has 18 heavy (non-hydrogen) atoms. The lowest BCUT2D eigenvalue weighted by molar-refractivity contribution is -0.138. The molecule has 2 atom stereocenters. The lowest BCUT2D eigenvalue weighted by atomic mass is 9.80. The smallest absolute Gasteiger partial charge is 0.303 e. The SMILES string of the molecule is O=C(O)CC1CCCCCC1c1ccc(Cl)cc1. The van der Waals surface area contributed by atoms with Crippen LogP contribution in [-0.4, -0.2) is 11.1 Å². The zero-order valence-electron chi connectivity index (χ0n) is 10.4. The molecule has 2 nitrogen and oxygen atoms in total. The molecule has 0 aliphatic heterocycles. The van der Waals surface area contributed by atoms with E-state index < -0.39 is 5.97 Å². The van der Waals surface area contributed by atoms with E-state index in [1.165, 1.54) is 18.4 Å². The molecular weight excluding hydrogens is 248 g/mol. The summed E-state index contributed by atoms with van der Waals surface area (Å²) < 4.78 is 0. The Morgan fingerprint density at radius 2 is 1.83 bits per heavy atom. The van der Waals surface area contributed by atoms with Crippen molar-refractivity contribution < 1.29 is 9.90 Å². The van der Waals surface area contributed by atoms with Crippen LogP contribution < -0.4 is 0 Å². The monoisotopic (exact) mass is 266 g/mol. The van der Waals surface area contributed by atoms with Gasteiger partial charge in [-0.15, -0.1) is 0 Å². The molecular formula is C15H19ClO2. The second kappa shape index (κ2) is 6.24. The predicted octanol–water partition coefficient (Wildman–Crippen LogP) is 4.48. The van der Waals surface area contributed by atoms with Crippen LogP contribution in [-0.2, 0) is 4.79 Å². The molecule has 0 radical (unpaired) electrons. The van der Waals surface area contributed by atoms with Gasteiger partial charge < -0.3 is 5.11 Å². The minimum Gasteiger partial charge on any atom is -0.481 e. The first-order chi connectivity index (χ1) is 8.66. The Morgan fingerprint density at radius 3 is 2.50 bits per heavy atom. The molecule has 0 bridgehead atoms. The molecule has 1 fully saturated rings. The number of aliphatic carboxylic acids is 1. The summed E-state index contributed by atoms with van der Waals surface area (Å²) in [6.45, 7) is 0. The van der Waals surface area contributed by atoms with Gasteiger partial charge in [-0.3, -0.25) is 4.79 Å². The number of carboxylic acid groups (broad SMARTS) is 1. The first kappa shape index (κ1) is 13.4. The highest BCUT2D eigenvalue weighted by molar-refractivity contribution is 6.30. The van der Waals surface area contributed by atoms with Gasteiger partial charge in [0.2, 0.25) is 0 Å².